The van der Waals surface area contributed by atoms with Gasteiger partial charge in [-0.3, -0.25) is 0 Å². The van der Waals surface area contributed by atoms with E-state index >= 15 is 0 Å². The van der Waals surface area contributed by atoms with Crippen LogP contribution < -0.4 is 9.50 Å². The van der Waals surface area contributed by atoms with Crippen molar-refractivity contribution >= 4 is 21.5 Å². The first-order valence-corrected chi connectivity index (χ1v) is 10.2. The Morgan fingerprint density at radius 1 is 1.30 bits per heavy atom. The van der Waals surface area contributed by atoms with E-state index in [4.69, 9.17) is 4.18 Å². The monoisotopic (exact) mass is 351 g/mol. The zero-order valence-electron chi connectivity index (χ0n) is 13.1. The van der Waals surface area contributed by atoms with Crippen LogP contribution in [0.5, 0.6) is 5.75 Å². The van der Waals surface area contributed by atoms with E-state index in [-0.39, 0.29) is 4.21 Å². The minimum atomic E-state index is -3.73. The van der Waals surface area contributed by atoms with Gasteiger partial charge in [0.05, 0.1) is 0 Å². The van der Waals surface area contributed by atoms with Crippen LogP contribution in [0.3, 0.4) is 0 Å². The van der Waals surface area contributed by atoms with Crippen LogP contribution in [0.25, 0.3) is 0 Å². The van der Waals surface area contributed by atoms with Gasteiger partial charge in [-0.1, -0.05) is 25.1 Å². The minimum absolute atomic E-state index is 0.244. The highest BCUT2D eigenvalue weighted by Crippen LogP contribution is 2.32. The lowest BCUT2D eigenvalue weighted by atomic mass is 9.87. The first kappa shape index (κ1) is 16.5. The predicted octanol–water partition coefficient (Wildman–Crippen LogP) is 3.37. The summed E-state index contributed by atoms with van der Waals surface area (Å²) < 4.78 is 30.3. The summed E-state index contributed by atoms with van der Waals surface area (Å²) in [6.07, 6.45) is 3.89. The highest BCUT2D eigenvalue weighted by molar-refractivity contribution is 7.89. The number of benzene rings is 1. The molecule has 0 amide bonds. The van der Waals surface area contributed by atoms with Crippen LogP contribution in [-0.2, 0) is 23.0 Å². The molecule has 0 radical (unpaired) electrons. The SMILES string of the molecule is CCCNC1CCc2c(cccc2OS(=O)(=O)c2cccs2)C1. The maximum Gasteiger partial charge on any atom is 0.348 e. The Bertz CT molecular complexity index is 754. The van der Waals surface area contributed by atoms with Gasteiger partial charge >= 0.3 is 10.1 Å². The van der Waals surface area contributed by atoms with E-state index in [9.17, 15) is 8.42 Å². The van der Waals surface area contributed by atoms with Crippen molar-refractivity contribution in [3.63, 3.8) is 0 Å². The van der Waals surface area contributed by atoms with Gasteiger partial charge in [0.15, 0.2) is 4.21 Å². The molecule has 1 aliphatic rings. The van der Waals surface area contributed by atoms with Crippen LogP contribution in [-0.4, -0.2) is 21.0 Å². The van der Waals surface area contributed by atoms with E-state index in [1.54, 1.807) is 23.6 Å². The summed E-state index contributed by atoms with van der Waals surface area (Å²) in [6.45, 7) is 3.17. The topological polar surface area (TPSA) is 55.4 Å². The van der Waals surface area contributed by atoms with Gasteiger partial charge in [0, 0.05) is 6.04 Å². The summed E-state index contributed by atoms with van der Waals surface area (Å²) in [5.41, 5.74) is 2.21. The molecule has 0 fully saturated rings. The molecule has 2 aromatic rings. The van der Waals surface area contributed by atoms with Crippen molar-refractivity contribution < 1.29 is 12.6 Å². The molecule has 1 aromatic carbocycles. The van der Waals surface area contributed by atoms with E-state index in [1.165, 1.54) is 16.9 Å². The van der Waals surface area contributed by atoms with Gasteiger partial charge in [0.2, 0.25) is 0 Å². The summed E-state index contributed by atoms with van der Waals surface area (Å²) in [6, 6.07) is 9.45. The molecule has 1 atom stereocenters. The molecule has 0 aliphatic heterocycles. The van der Waals surface area contributed by atoms with Crippen molar-refractivity contribution in [2.75, 3.05) is 6.54 Å². The van der Waals surface area contributed by atoms with Crippen LogP contribution in [0.4, 0.5) is 0 Å². The molecule has 23 heavy (non-hydrogen) atoms. The number of hydrogen-bond donors (Lipinski definition) is 1. The Hall–Kier alpha value is -1.37. The molecule has 0 spiro atoms. The van der Waals surface area contributed by atoms with Crippen LogP contribution in [0, 0.1) is 0 Å². The minimum Gasteiger partial charge on any atom is -0.378 e. The zero-order valence-corrected chi connectivity index (χ0v) is 14.8. The highest BCUT2D eigenvalue weighted by atomic mass is 32.3. The van der Waals surface area contributed by atoms with Crippen LogP contribution in [0.1, 0.15) is 30.9 Å². The molecule has 1 aromatic heterocycles. The first-order valence-electron chi connectivity index (χ1n) is 7.92. The first-order chi connectivity index (χ1) is 11.1. The van der Waals surface area contributed by atoms with Crippen molar-refractivity contribution in [1.82, 2.24) is 5.32 Å². The van der Waals surface area contributed by atoms with E-state index in [1.807, 2.05) is 6.07 Å². The fraction of sp³-hybridized carbons (Fsp3) is 0.412. The fourth-order valence-corrected chi connectivity index (χ4v) is 4.85. The Kier molecular flexibility index (Phi) is 5.04. The number of hydrogen-bond acceptors (Lipinski definition) is 5. The number of nitrogens with one attached hydrogen (secondary N) is 1. The lowest BCUT2D eigenvalue weighted by molar-refractivity contribution is 0.446. The smallest absolute Gasteiger partial charge is 0.348 e. The molecule has 4 nitrogen and oxygen atoms in total. The van der Waals surface area contributed by atoms with Crippen molar-refractivity contribution in [1.29, 1.82) is 0 Å². The van der Waals surface area contributed by atoms with Gasteiger partial charge in [0.25, 0.3) is 0 Å². The zero-order chi connectivity index (χ0) is 16.3. The Morgan fingerprint density at radius 2 is 2.17 bits per heavy atom. The van der Waals surface area contributed by atoms with Gasteiger partial charge in [-0.2, -0.15) is 8.42 Å². The van der Waals surface area contributed by atoms with Crippen LogP contribution in [0.2, 0.25) is 0 Å². The second kappa shape index (κ2) is 7.03. The lowest BCUT2D eigenvalue weighted by Gasteiger charge is -2.26. The number of rotatable bonds is 6. The van der Waals surface area contributed by atoms with Gasteiger partial charge < -0.3 is 9.50 Å². The van der Waals surface area contributed by atoms with E-state index in [2.05, 4.69) is 18.3 Å². The average Bonchev–Trinajstić information content (AvgIpc) is 3.08. The summed E-state index contributed by atoms with van der Waals surface area (Å²) in [7, 11) is -3.73. The van der Waals surface area contributed by atoms with Gasteiger partial charge in [-0.15, -0.1) is 11.3 Å². The molecule has 0 bridgehead atoms. The second-order valence-electron chi connectivity index (χ2n) is 5.76. The second-order valence-corrected chi connectivity index (χ2v) is 8.48. The van der Waals surface area contributed by atoms with Crippen molar-refractivity contribution in [3.8, 4) is 5.75 Å². The third-order valence-electron chi connectivity index (χ3n) is 4.06. The molecule has 3 rings (SSSR count). The molecule has 0 saturated heterocycles. The maximum atomic E-state index is 12.3. The normalized spacial score (nSPS) is 17.7. The molecule has 1 heterocycles. The molecule has 1 N–H and O–H groups in total. The molecule has 0 saturated carbocycles. The summed E-state index contributed by atoms with van der Waals surface area (Å²) in [4.78, 5) is 0. The Balaban J connectivity index is 1.81. The molecule has 1 aliphatic carbocycles. The van der Waals surface area contributed by atoms with Gasteiger partial charge in [-0.25, -0.2) is 0 Å². The quantitative estimate of drug-likeness (QED) is 0.811. The van der Waals surface area contributed by atoms with E-state index in [0.29, 0.717) is 11.8 Å². The van der Waals surface area contributed by atoms with Gasteiger partial charge in [-0.05, 0) is 60.9 Å². The third kappa shape index (κ3) is 3.76. The lowest BCUT2D eigenvalue weighted by Crippen LogP contribution is -2.35. The largest absolute Gasteiger partial charge is 0.378 e. The number of fused-ring (bicyclic) bond motifs is 1. The Morgan fingerprint density at radius 3 is 2.91 bits per heavy atom. The third-order valence-corrected chi connectivity index (χ3v) is 6.65. The summed E-state index contributed by atoms with van der Waals surface area (Å²) in [5, 5.41) is 5.28. The fourth-order valence-electron chi connectivity index (χ4n) is 2.94. The average molecular weight is 351 g/mol. The predicted molar refractivity (Wildman–Crippen MR) is 92.7 cm³/mol. The van der Waals surface area contributed by atoms with Crippen molar-refractivity contribution in [3.05, 3.63) is 46.8 Å². The van der Waals surface area contributed by atoms with E-state index < -0.39 is 10.1 Å². The maximum absolute atomic E-state index is 12.3. The molecule has 1 unspecified atom stereocenters. The number of thiophene rings is 1. The molecular weight excluding hydrogens is 330 g/mol. The van der Waals surface area contributed by atoms with Crippen LogP contribution >= 0.6 is 11.3 Å². The molecular formula is C17H21NO3S2. The van der Waals surface area contributed by atoms with Crippen LogP contribution in [0.15, 0.2) is 39.9 Å². The summed E-state index contributed by atoms with van der Waals surface area (Å²) >= 11 is 1.17. The summed E-state index contributed by atoms with van der Waals surface area (Å²) in [5.74, 6) is 0.477. The standard InChI is InChI=1S/C17H21NO3S2/c1-2-10-18-14-8-9-15-13(12-14)5-3-6-16(15)21-23(19,20)17-7-4-11-22-17/h3-7,11,14,18H,2,8-10,12H2,1H3. The van der Waals surface area contributed by atoms with Crippen molar-refractivity contribution in [2.45, 2.75) is 42.9 Å². The highest BCUT2D eigenvalue weighted by Gasteiger charge is 2.24. The molecule has 124 valence electrons. The van der Waals surface area contributed by atoms with Gasteiger partial charge in [0.1, 0.15) is 5.75 Å². The Labute approximate surface area is 141 Å². The molecule has 6 heteroatoms. The van der Waals surface area contributed by atoms with Crippen molar-refractivity contribution in [2.24, 2.45) is 0 Å². The van der Waals surface area contributed by atoms with E-state index in [0.717, 1.165) is 37.8 Å².